The van der Waals surface area contributed by atoms with Crippen molar-refractivity contribution in [3.05, 3.63) is 59.2 Å². The maximum atomic E-state index is 12.7. The quantitative estimate of drug-likeness (QED) is 0.504. The smallest absolute Gasteiger partial charge is 0.344 e. The highest BCUT2D eigenvalue weighted by atomic mass is 16.5. The van der Waals surface area contributed by atoms with E-state index in [2.05, 4.69) is 27.7 Å². The molecule has 0 aliphatic heterocycles. The lowest BCUT2D eigenvalue weighted by Gasteiger charge is -2.19. The summed E-state index contributed by atoms with van der Waals surface area (Å²) in [5, 5.41) is 0. The highest BCUT2D eigenvalue weighted by Crippen LogP contribution is 2.31. The molecule has 0 atom stereocenters. The normalized spacial score (nSPS) is 11.0. The molecule has 0 bridgehead atoms. The van der Waals surface area contributed by atoms with Gasteiger partial charge in [-0.1, -0.05) is 45.9 Å². The third-order valence-corrected chi connectivity index (χ3v) is 3.62. The van der Waals surface area contributed by atoms with Gasteiger partial charge < -0.3 is 10.5 Å². The Balaban J connectivity index is 2.49. The van der Waals surface area contributed by atoms with E-state index in [-0.39, 0.29) is 17.8 Å². The van der Waals surface area contributed by atoms with Gasteiger partial charge in [-0.25, -0.2) is 4.79 Å². The highest BCUT2D eigenvalue weighted by Gasteiger charge is 2.22. The van der Waals surface area contributed by atoms with Crippen LogP contribution >= 0.6 is 0 Å². The number of carbonyl (C=O) groups excluding carboxylic acids is 1. The van der Waals surface area contributed by atoms with Crippen molar-refractivity contribution < 1.29 is 9.53 Å². The zero-order valence-electron chi connectivity index (χ0n) is 13.6. The standard InChI is InChI=1S/C19H23NO2/c1-12(2)16-10-14(20)11-17(13(3)4)18(16)19(21)22-15-8-6-5-7-9-15/h5-13H,20H2,1-4H3. The molecule has 0 saturated carbocycles. The minimum Gasteiger partial charge on any atom is -0.423 e. The van der Waals surface area contributed by atoms with Crippen LogP contribution < -0.4 is 10.5 Å². The maximum absolute atomic E-state index is 12.7. The van der Waals surface area contributed by atoms with E-state index < -0.39 is 0 Å². The number of ether oxygens (including phenoxy) is 1. The van der Waals surface area contributed by atoms with Gasteiger partial charge in [-0.15, -0.1) is 0 Å². The summed E-state index contributed by atoms with van der Waals surface area (Å²) in [6, 6.07) is 12.9. The second-order valence-electron chi connectivity index (χ2n) is 6.09. The second-order valence-corrected chi connectivity index (χ2v) is 6.09. The average Bonchev–Trinajstić information content (AvgIpc) is 2.47. The minimum absolute atomic E-state index is 0.194. The zero-order chi connectivity index (χ0) is 16.3. The van der Waals surface area contributed by atoms with Crippen molar-refractivity contribution in [2.75, 3.05) is 5.73 Å². The number of para-hydroxylation sites is 1. The fourth-order valence-electron chi connectivity index (χ4n) is 2.50. The van der Waals surface area contributed by atoms with E-state index in [0.29, 0.717) is 17.0 Å². The predicted octanol–water partition coefficient (Wildman–Crippen LogP) is 4.73. The molecule has 0 spiro atoms. The molecule has 0 unspecified atom stereocenters. The molecule has 0 aliphatic rings. The minimum atomic E-state index is -0.321. The number of hydrogen-bond donors (Lipinski definition) is 1. The van der Waals surface area contributed by atoms with Crippen LogP contribution in [0.25, 0.3) is 0 Å². The molecular weight excluding hydrogens is 274 g/mol. The lowest BCUT2D eigenvalue weighted by molar-refractivity contribution is 0.0731. The summed E-state index contributed by atoms with van der Waals surface area (Å²) < 4.78 is 5.54. The van der Waals surface area contributed by atoms with Gasteiger partial charge in [0.1, 0.15) is 5.75 Å². The molecule has 3 nitrogen and oxygen atoms in total. The summed E-state index contributed by atoms with van der Waals surface area (Å²) in [5.41, 5.74) is 9.20. The van der Waals surface area contributed by atoms with Crippen LogP contribution in [-0.2, 0) is 0 Å². The van der Waals surface area contributed by atoms with E-state index in [9.17, 15) is 4.79 Å². The number of hydrogen-bond acceptors (Lipinski definition) is 3. The van der Waals surface area contributed by atoms with E-state index in [1.165, 1.54) is 0 Å². The molecule has 2 aromatic carbocycles. The molecule has 2 rings (SSSR count). The van der Waals surface area contributed by atoms with Crippen LogP contribution in [0, 0.1) is 0 Å². The molecule has 116 valence electrons. The van der Waals surface area contributed by atoms with Crippen molar-refractivity contribution in [1.29, 1.82) is 0 Å². The Kier molecular flexibility index (Phi) is 4.86. The summed E-state index contributed by atoms with van der Waals surface area (Å²) >= 11 is 0. The van der Waals surface area contributed by atoms with Gasteiger partial charge in [-0.2, -0.15) is 0 Å². The zero-order valence-corrected chi connectivity index (χ0v) is 13.6. The molecule has 0 saturated heterocycles. The Bertz CT molecular complexity index is 631. The second kappa shape index (κ2) is 6.65. The first-order valence-electron chi connectivity index (χ1n) is 7.60. The third-order valence-electron chi connectivity index (χ3n) is 3.62. The van der Waals surface area contributed by atoms with E-state index in [0.717, 1.165) is 11.1 Å². The summed E-state index contributed by atoms with van der Waals surface area (Å²) in [4.78, 5) is 12.7. The van der Waals surface area contributed by atoms with Crippen LogP contribution in [0.1, 0.15) is 61.0 Å². The first kappa shape index (κ1) is 16.1. The summed E-state index contributed by atoms with van der Waals surface area (Å²) in [7, 11) is 0. The van der Waals surface area contributed by atoms with E-state index in [1.54, 1.807) is 12.1 Å². The molecule has 0 fully saturated rings. The number of nitrogen functional groups attached to an aromatic ring is 1. The SMILES string of the molecule is CC(C)c1cc(N)cc(C(C)C)c1C(=O)Oc1ccccc1. The number of carbonyl (C=O) groups is 1. The van der Waals surface area contributed by atoms with Crippen LogP contribution in [0.3, 0.4) is 0 Å². The lowest BCUT2D eigenvalue weighted by Crippen LogP contribution is -2.16. The van der Waals surface area contributed by atoms with E-state index >= 15 is 0 Å². The molecule has 3 heteroatoms. The lowest BCUT2D eigenvalue weighted by atomic mass is 9.88. The van der Waals surface area contributed by atoms with Crippen molar-refractivity contribution in [2.24, 2.45) is 0 Å². The monoisotopic (exact) mass is 297 g/mol. The van der Waals surface area contributed by atoms with E-state index in [1.807, 2.05) is 30.3 Å². The molecule has 22 heavy (non-hydrogen) atoms. The Labute approximate surface area is 132 Å². The molecule has 0 amide bonds. The number of rotatable bonds is 4. The molecule has 2 N–H and O–H groups in total. The largest absolute Gasteiger partial charge is 0.423 e. The fraction of sp³-hybridized carbons (Fsp3) is 0.316. The van der Waals surface area contributed by atoms with Crippen LogP contribution in [0.2, 0.25) is 0 Å². The van der Waals surface area contributed by atoms with Crippen LogP contribution in [0.4, 0.5) is 5.69 Å². The Morgan fingerprint density at radius 2 is 1.45 bits per heavy atom. The number of nitrogens with two attached hydrogens (primary N) is 1. The number of anilines is 1. The van der Waals surface area contributed by atoms with Crippen molar-refractivity contribution >= 4 is 11.7 Å². The Hall–Kier alpha value is -2.29. The molecular formula is C19H23NO2. The number of benzene rings is 2. The van der Waals surface area contributed by atoms with Gasteiger partial charge in [0.05, 0.1) is 5.56 Å². The Morgan fingerprint density at radius 3 is 1.91 bits per heavy atom. The van der Waals surface area contributed by atoms with Crippen molar-refractivity contribution in [3.8, 4) is 5.75 Å². The van der Waals surface area contributed by atoms with Gasteiger partial charge in [0.25, 0.3) is 0 Å². The van der Waals surface area contributed by atoms with Gasteiger partial charge in [0, 0.05) is 5.69 Å². The average molecular weight is 297 g/mol. The van der Waals surface area contributed by atoms with Gasteiger partial charge in [-0.3, -0.25) is 0 Å². The highest BCUT2D eigenvalue weighted by molar-refractivity contribution is 5.95. The summed E-state index contributed by atoms with van der Waals surface area (Å²) in [6.45, 7) is 8.21. The van der Waals surface area contributed by atoms with Crippen molar-refractivity contribution in [2.45, 2.75) is 39.5 Å². The van der Waals surface area contributed by atoms with Gasteiger partial charge in [0.2, 0.25) is 0 Å². The predicted molar refractivity (Wildman–Crippen MR) is 90.4 cm³/mol. The maximum Gasteiger partial charge on any atom is 0.344 e. The Morgan fingerprint density at radius 1 is 0.955 bits per heavy atom. The number of esters is 1. The molecule has 0 aromatic heterocycles. The van der Waals surface area contributed by atoms with Crippen molar-refractivity contribution in [3.63, 3.8) is 0 Å². The van der Waals surface area contributed by atoms with E-state index in [4.69, 9.17) is 10.5 Å². The molecule has 0 radical (unpaired) electrons. The summed E-state index contributed by atoms with van der Waals surface area (Å²) in [6.07, 6.45) is 0. The first-order chi connectivity index (χ1) is 10.4. The fourth-order valence-corrected chi connectivity index (χ4v) is 2.50. The molecule has 0 aliphatic carbocycles. The topological polar surface area (TPSA) is 52.3 Å². The molecule has 0 heterocycles. The van der Waals surface area contributed by atoms with Gasteiger partial charge in [0.15, 0.2) is 0 Å². The van der Waals surface area contributed by atoms with Crippen LogP contribution in [-0.4, -0.2) is 5.97 Å². The van der Waals surface area contributed by atoms with Crippen molar-refractivity contribution in [1.82, 2.24) is 0 Å². The van der Waals surface area contributed by atoms with Crippen LogP contribution in [0.5, 0.6) is 5.75 Å². The summed E-state index contributed by atoms with van der Waals surface area (Å²) in [5.74, 6) is 0.617. The van der Waals surface area contributed by atoms with Gasteiger partial charge in [-0.05, 0) is 47.2 Å². The van der Waals surface area contributed by atoms with Gasteiger partial charge >= 0.3 is 5.97 Å². The first-order valence-corrected chi connectivity index (χ1v) is 7.60. The third kappa shape index (κ3) is 3.48. The molecule has 2 aromatic rings. The van der Waals surface area contributed by atoms with Crippen LogP contribution in [0.15, 0.2) is 42.5 Å².